The maximum atomic E-state index is 11.6. The molecule has 0 saturated heterocycles. The Balaban J connectivity index is 0.000000740. The fraction of sp³-hybridized carbons (Fsp3) is 0.125. The van der Waals surface area contributed by atoms with E-state index in [1.54, 1.807) is 97.1 Å². The molecule has 19 heteroatoms. The van der Waals surface area contributed by atoms with Gasteiger partial charge in [-0.3, -0.25) is 0 Å². The van der Waals surface area contributed by atoms with Crippen LogP contribution in [0, 0.1) is 20.8 Å². The molecule has 0 bridgehead atoms. The molecule has 6 aromatic heterocycles. The van der Waals surface area contributed by atoms with E-state index in [1.807, 2.05) is 0 Å². The van der Waals surface area contributed by atoms with Crippen LogP contribution >= 0.6 is 92.8 Å². The van der Waals surface area contributed by atoms with Crippen LogP contribution in [0.15, 0.2) is 122 Å². The summed E-state index contributed by atoms with van der Waals surface area (Å²) in [6, 6.07) is 27.4. The predicted molar refractivity (Wildman–Crippen MR) is 203 cm³/mol. The molecule has 0 aliphatic rings. The molecular formula is C32H28Cl8N6O4Zn. The molecule has 0 radical (unpaired) electrons. The Kier molecular flexibility index (Phi) is 27.3. The summed E-state index contributed by atoms with van der Waals surface area (Å²) in [5, 5.41) is 47.3. The molecule has 0 unspecified atom stereocenters. The van der Waals surface area contributed by atoms with Crippen molar-refractivity contribution in [3.8, 4) is 45.6 Å². The van der Waals surface area contributed by atoms with E-state index in [0.29, 0.717) is 45.6 Å². The van der Waals surface area contributed by atoms with E-state index in [9.17, 15) is 20.8 Å². The Bertz CT molecular complexity index is 1550. The van der Waals surface area contributed by atoms with E-state index in [1.165, 1.54) is 24.8 Å². The number of nitrogens with zero attached hydrogens (tertiary/aromatic N) is 6. The van der Waals surface area contributed by atoms with E-state index >= 15 is 0 Å². The molecule has 268 valence electrons. The Morgan fingerprint density at radius 3 is 0.686 bits per heavy atom. The standard InChI is InChI=1S/2C14H10N3O2.4CH2Cl2.Zn/c2*18-16-9-3-1-5-13(16)11-7-8-12(15-11)14-6-2-4-10-17(14)19;4*2-1-3;/h2*1-10H;4*1H2;/q2*-1;;;;;+2. The molecule has 0 N–H and O–H groups in total. The van der Waals surface area contributed by atoms with Crippen molar-refractivity contribution in [3.05, 3.63) is 143 Å². The summed E-state index contributed by atoms with van der Waals surface area (Å²) < 4.78 is 3.01. The molecule has 0 aliphatic heterocycles. The van der Waals surface area contributed by atoms with Crippen molar-refractivity contribution in [2.45, 2.75) is 0 Å². The van der Waals surface area contributed by atoms with Crippen LogP contribution in [0.5, 0.6) is 0 Å². The molecule has 0 spiro atoms. The van der Waals surface area contributed by atoms with Gasteiger partial charge in [0.15, 0.2) is 24.8 Å². The summed E-state index contributed by atoms with van der Waals surface area (Å²) in [5.74, 6) is 0. The smallest absolute Gasteiger partial charge is 0.647 e. The molecule has 6 rings (SSSR count). The monoisotopic (exact) mass is 904 g/mol. The maximum Gasteiger partial charge on any atom is 2.00 e. The largest absolute Gasteiger partial charge is 2.00 e. The molecule has 6 heterocycles. The van der Waals surface area contributed by atoms with Gasteiger partial charge in [0.1, 0.15) is 0 Å². The van der Waals surface area contributed by atoms with Crippen molar-refractivity contribution in [2.75, 3.05) is 21.4 Å². The fourth-order valence-corrected chi connectivity index (χ4v) is 3.80. The van der Waals surface area contributed by atoms with E-state index in [0.717, 1.165) is 18.9 Å². The van der Waals surface area contributed by atoms with Crippen LogP contribution in [-0.4, -0.2) is 21.4 Å². The first-order valence-corrected chi connectivity index (χ1v) is 17.9. The number of hydrogen-bond acceptors (Lipinski definition) is 4. The van der Waals surface area contributed by atoms with Gasteiger partial charge in [0, 0.05) is 48.5 Å². The van der Waals surface area contributed by atoms with Crippen molar-refractivity contribution in [2.24, 2.45) is 0 Å². The quantitative estimate of drug-likeness (QED) is 0.0758. The Morgan fingerprint density at radius 1 is 0.353 bits per heavy atom. The number of aromatic nitrogens is 6. The molecule has 0 aromatic carbocycles. The van der Waals surface area contributed by atoms with Crippen LogP contribution < -0.4 is 28.9 Å². The molecule has 0 fully saturated rings. The van der Waals surface area contributed by atoms with Crippen LogP contribution in [0.3, 0.4) is 0 Å². The summed E-state index contributed by atoms with van der Waals surface area (Å²) in [5.41, 5.74) is 4.04. The molecular weight excluding hydrogens is 881 g/mol. The van der Waals surface area contributed by atoms with Gasteiger partial charge in [0.05, 0.1) is 21.4 Å². The molecule has 6 aromatic rings. The molecule has 0 aliphatic carbocycles. The minimum Gasteiger partial charge on any atom is -0.647 e. The minimum absolute atomic E-state index is 0. The summed E-state index contributed by atoms with van der Waals surface area (Å²) in [4.78, 5) is 8.66. The summed E-state index contributed by atoms with van der Waals surface area (Å²) in [6.45, 7) is 0. The molecule has 0 atom stereocenters. The van der Waals surface area contributed by atoms with Crippen LogP contribution in [0.1, 0.15) is 0 Å². The summed E-state index contributed by atoms with van der Waals surface area (Å²) in [7, 11) is 0. The van der Waals surface area contributed by atoms with Gasteiger partial charge in [-0.15, -0.1) is 92.8 Å². The van der Waals surface area contributed by atoms with Crippen LogP contribution in [0.4, 0.5) is 0 Å². The topological polar surface area (TPSA) is 136 Å². The maximum absolute atomic E-state index is 11.6. The third-order valence-electron chi connectivity index (χ3n) is 5.63. The molecule has 10 nitrogen and oxygen atoms in total. The van der Waals surface area contributed by atoms with Crippen molar-refractivity contribution in [3.63, 3.8) is 0 Å². The normalized spacial score (nSPS) is 9.25. The number of rotatable bonds is 4. The number of halogens is 8. The van der Waals surface area contributed by atoms with Gasteiger partial charge in [0.2, 0.25) is 22.8 Å². The van der Waals surface area contributed by atoms with Gasteiger partial charge in [-0.05, 0) is 24.3 Å². The molecule has 0 saturated carbocycles. The van der Waals surface area contributed by atoms with Crippen molar-refractivity contribution in [1.29, 1.82) is 0 Å². The fourth-order valence-electron chi connectivity index (χ4n) is 3.80. The Labute approximate surface area is 348 Å². The van der Waals surface area contributed by atoms with E-state index in [2.05, 4.69) is 9.97 Å². The zero-order valence-corrected chi connectivity index (χ0v) is 35.4. The number of hydrogen-bond donors (Lipinski definition) is 0. The van der Waals surface area contributed by atoms with Crippen LogP contribution in [0.25, 0.3) is 45.6 Å². The molecule has 0 amide bonds. The van der Waals surface area contributed by atoms with E-state index < -0.39 is 0 Å². The first-order chi connectivity index (χ1) is 24.2. The van der Waals surface area contributed by atoms with Crippen molar-refractivity contribution < 1.29 is 38.4 Å². The zero-order valence-electron chi connectivity index (χ0n) is 26.4. The zero-order chi connectivity index (χ0) is 37.3. The first kappa shape index (κ1) is 48.3. The summed E-state index contributed by atoms with van der Waals surface area (Å²) in [6.07, 6.45) is 5.67. The Hall–Kier alpha value is -2.70. The third-order valence-corrected chi connectivity index (χ3v) is 5.63. The first-order valence-electron chi connectivity index (χ1n) is 13.7. The number of alkyl halides is 8. The second-order valence-electron chi connectivity index (χ2n) is 8.48. The third kappa shape index (κ3) is 17.1. The SMILES string of the molecule is ClCCl.ClCCl.ClCCl.ClCCl.[O-][n+]1ccccc1-c1ccc(-c2cccc[n+]2[O-])[n-]1.[O-][n+]1ccccc1-c1ccc(-c2cccc[n+]2[O-])[n-]1.[Zn+2]. The predicted octanol–water partition coefficient (Wildman–Crippen LogP) is 8.17. The number of pyridine rings is 4. The van der Waals surface area contributed by atoms with Crippen molar-refractivity contribution >= 4 is 92.8 Å². The molecule has 51 heavy (non-hydrogen) atoms. The second kappa shape index (κ2) is 28.8. The van der Waals surface area contributed by atoms with Crippen LogP contribution in [0.2, 0.25) is 0 Å². The van der Waals surface area contributed by atoms with E-state index in [4.69, 9.17) is 92.8 Å². The van der Waals surface area contributed by atoms with Gasteiger partial charge in [-0.2, -0.15) is 18.9 Å². The second-order valence-corrected chi connectivity index (χ2v) is 11.7. The van der Waals surface area contributed by atoms with Gasteiger partial charge in [-0.25, -0.2) is 0 Å². The van der Waals surface area contributed by atoms with E-state index in [-0.39, 0.29) is 40.8 Å². The van der Waals surface area contributed by atoms with Crippen molar-refractivity contribution in [1.82, 2.24) is 9.97 Å². The Morgan fingerprint density at radius 2 is 0.529 bits per heavy atom. The van der Waals surface area contributed by atoms with Gasteiger partial charge >= 0.3 is 19.5 Å². The minimum atomic E-state index is 0. The van der Waals surface area contributed by atoms with Gasteiger partial charge in [-0.1, -0.05) is 47.0 Å². The summed E-state index contributed by atoms with van der Waals surface area (Å²) >= 11 is 38.1. The van der Waals surface area contributed by atoms with Gasteiger partial charge < -0.3 is 30.8 Å². The average Bonchev–Trinajstić information content (AvgIpc) is 3.79. The van der Waals surface area contributed by atoms with Gasteiger partial charge in [0.25, 0.3) is 0 Å². The van der Waals surface area contributed by atoms with Crippen LogP contribution in [-0.2, 0) is 19.5 Å². The average molecular weight is 910 g/mol.